The van der Waals surface area contributed by atoms with Crippen LogP contribution in [0.1, 0.15) is 0 Å². The summed E-state index contributed by atoms with van der Waals surface area (Å²) in [5.41, 5.74) is 1.49. The highest BCUT2D eigenvalue weighted by molar-refractivity contribution is 6.70. The Balaban J connectivity index is 2.26. The Morgan fingerprint density at radius 1 is 0.889 bits per heavy atom. The Morgan fingerprint density at radius 2 is 1.50 bits per heavy atom. The first-order valence-corrected chi connectivity index (χ1v) is 9.40. The molecule has 94 valence electrons. The molecule has 0 bridgehead atoms. The second kappa shape index (κ2) is 4.94. The zero-order chi connectivity index (χ0) is 13.2. The van der Waals surface area contributed by atoms with Crippen LogP contribution in [0.5, 0.6) is 5.75 Å². The van der Waals surface area contributed by atoms with Crippen molar-refractivity contribution < 1.29 is 8.82 Å². The van der Waals surface area contributed by atoms with Gasteiger partial charge in [-0.25, -0.2) is 4.39 Å². The summed E-state index contributed by atoms with van der Waals surface area (Å²) >= 11 is 0. The van der Waals surface area contributed by atoms with Gasteiger partial charge in [-0.05, 0) is 43.4 Å². The highest BCUT2D eigenvalue weighted by Crippen LogP contribution is 2.25. The fourth-order valence-corrected chi connectivity index (χ4v) is 2.59. The summed E-state index contributed by atoms with van der Waals surface area (Å²) in [6, 6.07) is 14.4. The van der Waals surface area contributed by atoms with Gasteiger partial charge in [-0.1, -0.05) is 30.3 Å². The van der Waals surface area contributed by atoms with E-state index in [1.165, 1.54) is 6.07 Å². The van der Waals surface area contributed by atoms with Gasteiger partial charge in [0.2, 0.25) is 8.32 Å². The lowest BCUT2D eigenvalue weighted by Gasteiger charge is -2.19. The maximum atomic E-state index is 13.6. The zero-order valence-corrected chi connectivity index (χ0v) is 11.9. The van der Waals surface area contributed by atoms with E-state index in [4.69, 9.17) is 4.43 Å². The molecule has 0 amide bonds. The van der Waals surface area contributed by atoms with Crippen molar-refractivity contribution in [3.63, 3.8) is 0 Å². The lowest BCUT2D eigenvalue weighted by Crippen LogP contribution is -2.29. The van der Waals surface area contributed by atoms with Crippen molar-refractivity contribution in [2.24, 2.45) is 0 Å². The molecule has 3 heteroatoms. The Hall–Kier alpha value is -1.61. The third-order valence-electron chi connectivity index (χ3n) is 2.46. The van der Waals surface area contributed by atoms with Crippen LogP contribution < -0.4 is 4.43 Å². The summed E-state index contributed by atoms with van der Waals surface area (Å²) in [6.45, 7) is 6.41. The fraction of sp³-hybridized carbons (Fsp3) is 0.200. The first kappa shape index (κ1) is 12.8. The van der Waals surface area contributed by atoms with Crippen LogP contribution in [0.25, 0.3) is 11.1 Å². The largest absolute Gasteiger partial charge is 0.544 e. The summed E-state index contributed by atoms with van der Waals surface area (Å²) in [6.07, 6.45) is 0. The van der Waals surface area contributed by atoms with E-state index in [1.807, 2.05) is 30.3 Å². The molecule has 0 aromatic heterocycles. The quantitative estimate of drug-likeness (QED) is 0.726. The monoisotopic (exact) mass is 260 g/mol. The third kappa shape index (κ3) is 3.20. The molecule has 0 fully saturated rings. The average Bonchev–Trinajstić information content (AvgIpc) is 2.29. The second-order valence-corrected chi connectivity index (χ2v) is 9.65. The van der Waals surface area contributed by atoms with Crippen molar-refractivity contribution >= 4 is 8.32 Å². The smallest absolute Gasteiger partial charge is 0.242 e. The summed E-state index contributed by atoms with van der Waals surface area (Å²) in [5, 5.41) is 0. The molecule has 18 heavy (non-hydrogen) atoms. The van der Waals surface area contributed by atoms with E-state index in [9.17, 15) is 4.39 Å². The SMILES string of the molecule is C[Si](C)(C)Oc1ccc(-c2ccccc2F)cc1. The molecule has 0 heterocycles. The van der Waals surface area contributed by atoms with E-state index < -0.39 is 8.32 Å². The minimum Gasteiger partial charge on any atom is -0.544 e. The number of hydrogen-bond donors (Lipinski definition) is 0. The standard InChI is InChI=1S/C15H17FOSi/c1-18(2,3)17-13-10-8-12(9-11-13)14-6-4-5-7-15(14)16/h4-11H,1-3H3. The maximum Gasteiger partial charge on any atom is 0.242 e. The van der Waals surface area contributed by atoms with Crippen molar-refractivity contribution in [2.45, 2.75) is 19.6 Å². The Labute approximate surface area is 108 Å². The van der Waals surface area contributed by atoms with Gasteiger partial charge in [-0.15, -0.1) is 0 Å². The average molecular weight is 260 g/mol. The normalized spacial score (nSPS) is 11.3. The fourth-order valence-electron chi connectivity index (χ4n) is 1.75. The molecule has 1 nitrogen and oxygen atoms in total. The molecule has 0 aliphatic rings. The Morgan fingerprint density at radius 3 is 2.06 bits per heavy atom. The summed E-state index contributed by atoms with van der Waals surface area (Å²) in [5.74, 6) is 0.658. The van der Waals surface area contributed by atoms with Crippen LogP contribution >= 0.6 is 0 Å². The van der Waals surface area contributed by atoms with E-state index >= 15 is 0 Å². The number of hydrogen-bond acceptors (Lipinski definition) is 1. The topological polar surface area (TPSA) is 9.23 Å². The first-order valence-electron chi connectivity index (χ1n) is 6.00. The number of halogens is 1. The van der Waals surface area contributed by atoms with Crippen LogP contribution in [0, 0.1) is 5.82 Å². The van der Waals surface area contributed by atoms with Crippen molar-refractivity contribution in [2.75, 3.05) is 0 Å². The van der Waals surface area contributed by atoms with Gasteiger partial charge in [0, 0.05) is 5.56 Å². The Bertz CT molecular complexity index is 529. The maximum absolute atomic E-state index is 13.6. The van der Waals surface area contributed by atoms with Crippen LogP contribution in [0.4, 0.5) is 4.39 Å². The second-order valence-electron chi connectivity index (χ2n) is 5.22. The van der Waals surface area contributed by atoms with Crippen molar-refractivity contribution in [3.05, 3.63) is 54.3 Å². The molecular weight excluding hydrogens is 243 g/mol. The minimum atomic E-state index is -1.58. The van der Waals surface area contributed by atoms with Crippen LogP contribution in [-0.2, 0) is 0 Å². The van der Waals surface area contributed by atoms with Crippen molar-refractivity contribution in [1.29, 1.82) is 0 Å². The lowest BCUT2D eigenvalue weighted by molar-refractivity contribution is 0.558. The van der Waals surface area contributed by atoms with Gasteiger partial charge in [0.05, 0.1) is 0 Å². The minimum absolute atomic E-state index is 0.198. The molecule has 0 N–H and O–H groups in total. The number of rotatable bonds is 3. The molecule has 0 spiro atoms. The van der Waals surface area contributed by atoms with E-state index in [-0.39, 0.29) is 5.82 Å². The first-order chi connectivity index (χ1) is 8.46. The van der Waals surface area contributed by atoms with Crippen molar-refractivity contribution in [3.8, 4) is 16.9 Å². The molecule has 2 aromatic carbocycles. The van der Waals surface area contributed by atoms with Gasteiger partial charge in [0.25, 0.3) is 0 Å². The molecule has 0 aliphatic carbocycles. The van der Waals surface area contributed by atoms with E-state index in [2.05, 4.69) is 19.6 Å². The zero-order valence-electron chi connectivity index (χ0n) is 10.9. The van der Waals surface area contributed by atoms with Crippen LogP contribution in [0.15, 0.2) is 48.5 Å². The van der Waals surface area contributed by atoms with E-state index in [0.29, 0.717) is 5.56 Å². The van der Waals surface area contributed by atoms with Gasteiger partial charge in [-0.2, -0.15) is 0 Å². The summed E-state index contributed by atoms with van der Waals surface area (Å²) in [4.78, 5) is 0. The number of benzene rings is 2. The highest BCUT2D eigenvalue weighted by atomic mass is 28.4. The highest BCUT2D eigenvalue weighted by Gasteiger charge is 2.16. The molecule has 0 saturated carbocycles. The van der Waals surface area contributed by atoms with Gasteiger partial charge < -0.3 is 4.43 Å². The molecule has 0 atom stereocenters. The lowest BCUT2D eigenvalue weighted by atomic mass is 10.1. The van der Waals surface area contributed by atoms with Crippen molar-refractivity contribution in [1.82, 2.24) is 0 Å². The van der Waals surface area contributed by atoms with Crippen LogP contribution in [0.3, 0.4) is 0 Å². The summed E-state index contributed by atoms with van der Waals surface area (Å²) in [7, 11) is -1.58. The predicted molar refractivity (Wildman–Crippen MR) is 75.8 cm³/mol. The van der Waals surface area contributed by atoms with E-state index in [1.54, 1.807) is 12.1 Å². The summed E-state index contributed by atoms with van der Waals surface area (Å²) < 4.78 is 19.5. The molecule has 2 rings (SSSR count). The van der Waals surface area contributed by atoms with Gasteiger partial charge >= 0.3 is 0 Å². The van der Waals surface area contributed by atoms with Crippen LogP contribution in [0.2, 0.25) is 19.6 Å². The molecule has 0 aliphatic heterocycles. The van der Waals surface area contributed by atoms with Crippen LogP contribution in [-0.4, -0.2) is 8.32 Å². The van der Waals surface area contributed by atoms with Gasteiger partial charge in [-0.3, -0.25) is 0 Å². The molecule has 0 saturated heterocycles. The predicted octanol–water partition coefficient (Wildman–Crippen LogP) is 4.71. The molecule has 0 unspecified atom stereocenters. The molecule has 2 aromatic rings. The van der Waals surface area contributed by atoms with Gasteiger partial charge in [0.15, 0.2) is 0 Å². The third-order valence-corrected chi connectivity index (χ3v) is 3.31. The molecule has 0 radical (unpaired) electrons. The molecular formula is C15H17FOSi. The van der Waals surface area contributed by atoms with Gasteiger partial charge in [0.1, 0.15) is 11.6 Å². The van der Waals surface area contributed by atoms with E-state index in [0.717, 1.165) is 11.3 Å². The Kier molecular flexibility index (Phi) is 3.52.